The van der Waals surface area contributed by atoms with Gasteiger partial charge in [0.25, 0.3) is 5.91 Å². The Morgan fingerprint density at radius 1 is 1.45 bits per heavy atom. The van der Waals surface area contributed by atoms with E-state index < -0.39 is 0 Å². The molecule has 2 rings (SSSR count). The van der Waals surface area contributed by atoms with Crippen LogP contribution in [0.4, 0.5) is 5.95 Å². The molecule has 0 spiro atoms. The van der Waals surface area contributed by atoms with Crippen molar-refractivity contribution < 1.29 is 14.3 Å². The van der Waals surface area contributed by atoms with Crippen molar-refractivity contribution in [2.45, 2.75) is 13.5 Å². The van der Waals surface area contributed by atoms with Gasteiger partial charge in [0.1, 0.15) is 0 Å². The van der Waals surface area contributed by atoms with Gasteiger partial charge in [-0.25, -0.2) is 5.10 Å². The van der Waals surface area contributed by atoms with Crippen LogP contribution in [-0.4, -0.2) is 34.8 Å². The molecular formula is C13H16N4O3. The van der Waals surface area contributed by atoms with Crippen LogP contribution in [-0.2, 0) is 11.3 Å². The van der Waals surface area contributed by atoms with Gasteiger partial charge in [-0.2, -0.15) is 4.98 Å². The molecule has 0 bridgehead atoms. The van der Waals surface area contributed by atoms with Crippen LogP contribution in [0.25, 0.3) is 0 Å². The Morgan fingerprint density at radius 2 is 2.30 bits per heavy atom. The molecule has 106 valence electrons. The van der Waals surface area contributed by atoms with Gasteiger partial charge < -0.3 is 9.47 Å². The predicted octanol–water partition coefficient (Wildman–Crippen LogP) is 1.60. The zero-order chi connectivity index (χ0) is 14.4. The Kier molecular flexibility index (Phi) is 4.67. The summed E-state index contributed by atoms with van der Waals surface area (Å²) in [5, 5.41) is 9.01. The number of carbonyl (C=O) groups is 1. The molecule has 0 saturated carbocycles. The lowest BCUT2D eigenvalue weighted by Gasteiger charge is -2.04. The van der Waals surface area contributed by atoms with Crippen LogP contribution in [0.3, 0.4) is 0 Å². The van der Waals surface area contributed by atoms with Crippen LogP contribution in [0.5, 0.6) is 6.01 Å². The van der Waals surface area contributed by atoms with Crippen molar-refractivity contribution in [1.82, 2.24) is 15.2 Å². The zero-order valence-corrected chi connectivity index (χ0v) is 11.3. The summed E-state index contributed by atoms with van der Waals surface area (Å²) in [6, 6.07) is 7.38. The zero-order valence-electron chi connectivity index (χ0n) is 11.3. The number of ether oxygens (including phenoxy) is 2. The van der Waals surface area contributed by atoms with E-state index in [1.165, 1.54) is 0 Å². The number of anilines is 1. The lowest BCUT2D eigenvalue weighted by Crippen LogP contribution is -2.13. The van der Waals surface area contributed by atoms with Crippen molar-refractivity contribution in [3.05, 3.63) is 35.4 Å². The standard InChI is InChI=1S/C13H16N4O3/c1-3-20-13-15-12(16-17-13)14-11(18)10-6-4-5-9(7-10)8-19-2/h4-7H,3,8H2,1-2H3,(H2,14,15,16,17,18). The summed E-state index contributed by atoms with van der Waals surface area (Å²) in [7, 11) is 1.61. The van der Waals surface area contributed by atoms with E-state index in [0.29, 0.717) is 18.8 Å². The lowest BCUT2D eigenvalue weighted by molar-refractivity contribution is 0.102. The smallest absolute Gasteiger partial charge is 0.337 e. The lowest BCUT2D eigenvalue weighted by atomic mass is 10.1. The molecule has 7 nitrogen and oxygen atoms in total. The van der Waals surface area contributed by atoms with Crippen LogP contribution in [0.15, 0.2) is 24.3 Å². The number of benzene rings is 1. The number of H-pyrrole nitrogens is 1. The van der Waals surface area contributed by atoms with Crippen LogP contribution in [0.2, 0.25) is 0 Å². The molecule has 0 fully saturated rings. The normalized spacial score (nSPS) is 10.3. The van der Waals surface area contributed by atoms with Crippen molar-refractivity contribution in [1.29, 1.82) is 0 Å². The molecule has 0 aliphatic heterocycles. The maximum Gasteiger partial charge on any atom is 0.337 e. The Labute approximate surface area is 116 Å². The van der Waals surface area contributed by atoms with Gasteiger partial charge in [-0.15, -0.1) is 5.10 Å². The van der Waals surface area contributed by atoms with Crippen molar-refractivity contribution in [3.63, 3.8) is 0 Å². The van der Waals surface area contributed by atoms with Gasteiger partial charge in [0.2, 0.25) is 5.95 Å². The number of rotatable bonds is 6. The second-order valence-corrected chi connectivity index (χ2v) is 3.99. The first kappa shape index (κ1) is 14.0. The van der Waals surface area contributed by atoms with Crippen molar-refractivity contribution in [2.75, 3.05) is 19.0 Å². The highest BCUT2D eigenvalue weighted by Gasteiger charge is 2.10. The van der Waals surface area contributed by atoms with E-state index in [0.717, 1.165) is 5.56 Å². The average Bonchev–Trinajstić information content (AvgIpc) is 2.87. The van der Waals surface area contributed by atoms with Gasteiger partial charge in [-0.1, -0.05) is 12.1 Å². The van der Waals surface area contributed by atoms with Crippen LogP contribution >= 0.6 is 0 Å². The molecule has 2 N–H and O–H groups in total. The number of aromatic amines is 1. The molecule has 0 aliphatic carbocycles. The molecular weight excluding hydrogens is 260 g/mol. The minimum absolute atomic E-state index is 0.205. The van der Waals surface area contributed by atoms with E-state index in [1.54, 1.807) is 25.3 Å². The second-order valence-electron chi connectivity index (χ2n) is 3.99. The average molecular weight is 276 g/mol. The first-order chi connectivity index (χ1) is 9.72. The Balaban J connectivity index is 2.05. The van der Waals surface area contributed by atoms with E-state index >= 15 is 0 Å². The molecule has 1 aromatic carbocycles. The second kappa shape index (κ2) is 6.67. The highest BCUT2D eigenvalue weighted by atomic mass is 16.5. The number of nitrogens with zero attached hydrogens (tertiary/aromatic N) is 2. The fraction of sp³-hybridized carbons (Fsp3) is 0.308. The third-order valence-corrected chi connectivity index (χ3v) is 2.47. The van der Waals surface area contributed by atoms with Crippen LogP contribution in [0, 0.1) is 0 Å². The van der Waals surface area contributed by atoms with Gasteiger partial charge in [0.05, 0.1) is 13.2 Å². The Bertz CT molecular complexity index is 583. The number of aromatic nitrogens is 3. The number of hydrogen-bond acceptors (Lipinski definition) is 5. The largest absolute Gasteiger partial charge is 0.463 e. The minimum Gasteiger partial charge on any atom is -0.463 e. The molecule has 0 unspecified atom stereocenters. The number of nitrogens with one attached hydrogen (secondary N) is 2. The predicted molar refractivity (Wildman–Crippen MR) is 72.7 cm³/mol. The van der Waals surface area contributed by atoms with Crippen LogP contribution in [0.1, 0.15) is 22.8 Å². The summed E-state index contributed by atoms with van der Waals surface area (Å²) in [6.07, 6.45) is 0. The van der Waals surface area contributed by atoms with E-state index in [9.17, 15) is 4.79 Å². The van der Waals surface area contributed by atoms with Gasteiger partial charge >= 0.3 is 6.01 Å². The van der Waals surface area contributed by atoms with Gasteiger partial charge in [0, 0.05) is 12.7 Å². The quantitative estimate of drug-likeness (QED) is 0.836. The van der Waals surface area contributed by atoms with Crippen molar-refractivity contribution >= 4 is 11.9 Å². The van der Waals surface area contributed by atoms with Gasteiger partial charge in [-0.05, 0) is 24.6 Å². The number of hydrogen-bond donors (Lipinski definition) is 2. The first-order valence-corrected chi connectivity index (χ1v) is 6.17. The first-order valence-electron chi connectivity index (χ1n) is 6.17. The third kappa shape index (κ3) is 3.55. The fourth-order valence-electron chi connectivity index (χ4n) is 1.64. The summed E-state index contributed by atoms with van der Waals surface area (Å²) in [5.74, 6) is -0.0299. The van der Waals surface area contributed by atoms with Gasteiger partial charge in [-0.3, -0.25) is 10.1 Å². The molecule has 1 amide bonds. The van der Waals surface area contributed by atoms with E-state index in [2.05, 4.69) is 20.5 Å². The maximum absolute atomic E-state index is 12.1. The highest BCUT2D eigenvalue weighted by molar-refractivity contribution is 6.03. The van der Waals surface area contributed by atoms with Gasteiger partial charge in [0.15, 0.2) is 0 Å². The summed E-state index contributed by atoms with van der Waals surface area (Å²) in [5.41, 5.74) is 1.45. The Morgan fingerprint density at radius 3 is 3.05 bits per heavy atom. The molecule has 1 aromatic heterocycles. The van der Waals surface area contributed by atoms with Crippen molar-refractivity contribution in [3.8, 4) is 6.01 Å². The molecule has 2 aromatic rings. The summed E-state index contributed by atoms with van der Waals surface area (Å²) in [6.45, 7) is 2.75. The number of amides is 1. The molecule has 1 heterocycles. The molecule has 0 saturated heterocycles. The van der Waals surface area contributed by atoms with E-state index in [4.69, 9.17) is 9.47 Å². The summed E-state index contributed by atoms with van der Waals surface area (Å²) in [4.78, 5) is 16.0. The third-order valence-electron chi connectivity index (χ3n) is 2.47. The maximum atomic E-state index is 12.1. The minimum atomic E-state index is -0.276. The molecule has 0 aliphatic rings. The number of carbonyl (C=O) groups excluding carboxylic acids is 1. The highest BCUT2D eigenvalue weighted by Crippen LogP contribution is 2.10. The topological polar surface area (TPSA) is 89.1 Å². The monoisotopic (exact) mass is 276 g/mol. The number of methoxy groups -OCH3 is 1. The van der Waals surface area contributed by atoms with E-state index in [-0.39, 0.29) is 17.9 Å². The van der Waals surface area contributed by atoms with Crippen LogP contribution < -0.4 is 10.1 Å². The van der Waals surface area contributed by atoms with E-state index in [1.807, 2.05) is 13.0 Å². The van der Waals surface area contributed by atoms with Crippen molar-refractivity contribution in [2.24, 2.45) is 0 Å². The molecule has 20 heavy (non-hydrogen) atoms. The molecule has 0 radical (unpaired) electrons. The summed E-state index contributed by atoms with van der Waals surface area (Å²) >= 11 is 0. The molecule has 0 atom stereocenters. The Hall–Kier alpha value is -2.41. The fourth-order valence-corrected chi connectivity index (χ4v) is 1.64. The summed E-state index contributed by atoms with van der Waals surface area (Å²) < 4.78 is 10.1. The SMILES string of the molecule is CCOc1n[nH]c(NC(=O)c2cccc(COC)c2)n1. The molecule has 7 heteroatoms.